The first kappa shape index (κ1) is 10.1. The molecule has 0 spiro atoms. The molecule has 0 aromatic carbocycles. The minimum Gasteiger partial charge on any atom is -0.372 e. The lowest BCUT2D eigenvalue weighted by Gasteiger charge is -2.36. The van der Waals surface area contributed by atoms with E-state index in [9.17, 15) is 0 Å². The third-order valence-corrected chi connectivity index (χ3v) is 4.40. The summed E-state index contributed by atoms with van der Waals surface area (Å²) in [4.78, 5) is 2.70. The van der Waals surface area contributed by atoms with Gasteiger partial charge in [0.05, 0.1) is 12.2 Å². The van der Waals surface area contributed by atoms with Crippen molar-refractivity contribution >= 4 is 0 Å². The highest BCUT2D eigenvalue weighted by Crippen LogP contribution is 2.32. The molecule has 4 unspecified atom stereocenters. The van der Waals surface area contributed by atoms with Crippen LogP contribution in [0.1, 0.15) is 32.1 Å². The number of rotatable bonds is 2. The van der Waals surface area contributed by atoms with E-state index < -0.39 is 0 Å². The van der Waals surface area contributed by atoms with E-state index in [1.165, 1.54) is 45.2 Å². The van der Waals surface area contributed by atoms with Crippen molar-refractivity contribution in [3.63, 3.8) is 0 Å². The van der Waals surface area contributed by atoms with Crippen LogP contribution < -0.4 is 5.32 Å². The summed E-state index contributed by atoms with van der Waals surface area (Å²) in [5, 5.41) is 3.41. The number of hydrogen-bond acceptors (Lipinski definition) is 3. The van der Waals surface area contributed by atoms with Gasteiger partial charge in [0.2, 0.25) is 0 Å². The Balaban J connectivity index is 1.59. The van der Waals surface area contributed by atoms with E-state index in [4.69, 9.17) is 4.74 Å². The van der Waals surface area contributed by atoms with Gasteiger partial charge < -0.3 is 10.1 Å². The average Bonchev–Trinajstić information content (AvgIpc) is 2.85. The molecule has 0 amide bonds. The Morgan fingerprint density at radius 2 is 1.80 bits per heavy atom. The molecule has 2 saturated heterocycles. The molecule has 2 heterocycles. The molecule has 86 valence electrons. The van der Waals surface area contributed by atoms with Crippen molar-refractivity contribution < 1.29 is 4.74 Å². The van der Waals surface area contributed by atoms with Gasteiger partial charge in [-0.05, 0) is 39.2 Å². The van der Waals surface area contributed by atoms with Crippen LogP contribution in [0.5, 0.6) is 0 Å². The Labute approximate surface area is 92.2 Å². The smallest absolute Gasteiger partial charge is 0.0707 e. The zero-order chi connectivity index (χ0) is 10.3. The molecule has 1 saturated carbocycles. The van der Waals surface area contributed by atoms with Gasteiger partial charge >= 0.3 is 0 Å². The first-order chi connectivity index (χ1) is 7.35. The number of fused-ring (bicyclic) bond motifs is 2. The molecular formula is C12H22N2O. The van der Waals surface area contributed by atoms with Crippen LogP contribution in [0.25, 0.3) is 0 Å². The van der Waals surface area contributed by atoms with Gasteiger partial charge in [0.15, 0.2) is 0 Å². The molecule has 2 aliphatic heterocycles. The third kappa shape index (κ3) is 1.93. The van der Waals surface area contributed by atoms with Crippen molar-refractivity contribution in [2.75, 3.05) is 20.1 Å². The van der Waals surface area contributed by atoms with Crippen LogP contribution in [0, 0.1) is 0 Å². The second kappa shape index (κ2) is 4.04. The van der Waals surface area contributed by atoms with Crippen molar-refractivity contribution in [1.29, 1.82) is 0 Å². The number of hydrogen-bond donors (Lipinski definition) is 1. The van der Waals surface area contributed by atoms with Crippen LogP contribution in [0.3, 0.4) is 0 Å². The maximum Gasteiger partial charge on any atom is 0.0707 e. The summed E-state index contributed by atoms with van der Waals surface area (Å²) in [5.41, 5.74) is 0. The summed E-state index contributed by atoms with van der Waals surface area (Å²) in [6, 6.07) is 1.59. The van der Waals surface area contributed by atoms with Crippen molar-refractivity contribution in [3.8, 4) is 0 Å². The first-order valence-corrected chi connectivity index (χ1v) is 6.42. The van der Waals surface area contributed by atoms with Gasteiger partial charge in [-0.1, -0.05) is 0 Å². The molecule has 3 rings (SSSR count). The number of morpholine rings is 1. The molecule has 3 fully saturated rings. The molecule has 3 aliphatic rings. The normalized spacial score (nSPS) is 46.2. The van der Waals surface area contributed by atoms with Gasteiger partial charge in [0.1, 0.15) is 0 Å². The SMILES string of the molecule is CNC1CCC(N2CC3CCC(C2)O3)C1. The lowest BCUT2D eigenvalue weighted by molar-refractivity contribution is -0.0519. The van der Waals surface area contributed by atoms with Crippen LogP contribution in [0.15, 0.2) is 0 Å². The second-order valence-corrected chi connectivity index (χ2v) is 5.36. The third-order valence-electron chi connectivity index (χ3n) is 4.40. The first-order valence-electron chi connectivity index (χ1n) is 6.42. The topological polar surface area (TPSA) is 24.5 Å². The minimum atomic E-state index is 0.553. The summed E-state index contributed by atoms with van der Waals surface area (Å²) < 4.78 is 5.88. The fourth-order valence-electron chi connectivity index (χ4n) is 3.50. The highest BCUT2D eigenvalue weighted by Gasteiger charge is 2.38. The standard InChI is InChI=1S/C12H22N2O/c1-13-9-2-3-10(6-9)14-7-11-4-5-12(8-14)15-11/h9-13H,2-8H2,1H3. The van der Waals surface area contributed by atoms with Gasteiger partial charge in [-0.3, -0.25) is 4.90 Å². The van der Waals surface area contributed by atoms with Crippen LogP contribution in [-0.2, 0) is 4.74 Å². The molecular weight excluding hydrogens is 188 g/mol. The number of likely N-dealkylation sites (tertiary alicyclic amines) is 1. The highest BCUT2D eigenvalue weighted by molar-refractivity contribution is 4.92. The quantitative estimate of drug-likeness (QED) is 0.735. The molecule has 4 atom stereocenters. The molecule has 0 aromatic rings. The number of nitrogens with one attached hydrogen (secondary N) is 1. The van der Waals surface area contributed by atoms with E-state index >= 15 is 0 Å². The molecule has 3 heteroatoms. The van der Waals surface area contributed by atoms with E-state index in [1.807, 2.05) is 0 Å². The summed E-state index contributed by atoms with van der Waals surface area (Å²) in [6.07, 6.45) is 7.77. The Hall–Kier alpha value is -0.120. The van der Waals surface area contributed by atoms with Crippen LogP contribution in [-0.4, -0.2) is 49.3 Å². The molecule has 1 N–H and O–H groups in total. The highest BCUT2D eigenvalue weighted by atomic mass is 16.5. The van der Waals surface area contributed by atoms with E-state index in [1.54, 1.807) is 0 Å². The summed E-state index contributed by atoms with van der Waals surface area (Å²) in [7, 11) is 2.09. The second-order valence-electron chi connectivity index (χ2n) is 5.36. The zero-order valence-electron chi connectivity index (χ0n) is 9.61. The van der Waals surface area contributed by atoms with Crippen LogP contribution >= 0.6 is 0 Å². The monoisotopic (exact) mass is 210 g/mol. The average molecular weight is 210 g/mol. The Bertz CT molecular complexity index is 222. The molecule has 0 radical (unpaired) electrons. The van der Waals surface area contributed by atoms with E-state index in [-0.39, 0.29) is 0 Å². The fraction of sp³-hybridized carbons (Fsp3) is 1.00. The molecule has 3 nitrogen and oxygen atoms in total. The van der Waals surface area contributed by atoms with E-state index in [0.717, 1.165) is 12.1 Å². The largest absolute Gasteiger partial charge is 0.372 e. The minimum absolute atomic E-state index is 0.553. The van der Waals surface area contributed by atoms with Crippen LogP contribution in [0.4, 0.5) is 0 Å². The summed E-state index contributed by atoms with van der Waals surface area (Å²) in [5.74, 6) is 0. The number of ether oxygens (including phenoxy) is 1. The van der Waals surface area contributed by atoms with Crippen LogP contribution in [0.2, 0.25) is 0 Å². The van der Waals surface area contributed by atoms with Crippen molar-refractivity contribution in [1.82, 2.24) is 10.2 Å². The van der Waals surface area contributed by atoms with Crippen molar-refractivity contribution in [3.05, 3.63) is 0 Å². The van der Waals surface area contributed by atoms with Crippen molar-refractivity contribution in [2.24, 2.45) is 0 Å². The fourth-order valence-corrected chi connectivity index (χ4v) is 3.50. The Morgan fingerprint density at radius 1 is 1.07 bits per heavy atom. The van der Waals surface area contributed by atoms with Gasteiger partial charge in [0, 0.05) is 25.2 Å². The lowest BCUT2D eigenvalue weighted by atomic mass is 10.1. The lowest BCUT2D eigenvalue weighted by Crippen LogP contribution is -2.47. The van der Waals surface area contributed by atoms with Gasteiger partial charge in [-0.25, -0.2) is 0 Å². The van der Waals surface area contributed by atoms with E-state index in [0.29, 0.717) is 12.2 Å². The molecule has 2 bridgehead atoms. The Morgan fingerprint density at radius 3 is 2.40 bits per heavy atom. The van der Waals surface area contributed by atoms with Gasteiger partial charge in [-0.2, -0.15) is 0 Å². The summed E-state index contributed by atoms with van der Waals surface area (Å²) in [6.45, 7) is 2.38. The zero-order valence-corrected chi connectivity index (χ0v) is 9.61. The number of nitrogens with zero attached hydrogens (tertiary/aromatic N) is 1. The van der Waals surface area contributed by atoms with E-state index in [2.05, 4.69) is 17.3 Å². The maximum atomic E-state index is 5.88. The molecule has 0 aromatic heterocycles. The van der Waals surface area contributed by atoms with Gasteiger partial charge in [0.25, 0.3) is 0 Å². The summed E-state index contributed by atoms with van der Waals surface area (Å²) >= 11 is 0. The Kier molecular flexibility index (Phi) is 2.71. The molecule has 1 aliphatic carbocycles. The predicted octanol–water partition coefficient (Wildman–Crippen LogP) is 0.990. The molecule has 15 heavy (non-hydrogen) atoms. The van der Waals surface area contributed by atoms with Gasteiger partial charge in [-0.15, -0.1) is 0 Å². The van der Waals surface area contributed by atoms with Crippen molar-refractivity contribution in [2.45, 2.75) is 56.4 Å². The maximum absolute atomic E-state index is 5.88. The predicted molar refractivity (Wildman–Crippen MR) is 60.0 cm³/mol.